The highest BCUT2D eigenvalue weighted by molar-refractivity contribution is 5.67. The Labute approximate surface area is 238 Å². The number of fused-ring (bicyclic) bond motifs is 5. The Hall–Kier alpha value is -1.84. The van der Waals surface area contributed by atoms with Crippen molar-refractivity contribution >= 4 is 6.09 Å². The lowest BCUT2D eigenvalue weighted by Gasteiger charge is -2.58. The van der Waals surface area contributed by atoms with Crippen LogP contribution in [-0.4, -0.2) is 23.7 Å². The molecule has 0 bridgehead atoms. The van der Waals surface area contributed by atoms with E-state index in [4.69, 9.17) is 4.74 Å². The van der Waals surface area contributed by atoms with Gasteiger partial charge in [0.25, 0.3) is 0 Å². The number of hydrogen-bond acceptors (Lipinski definition) is 3. The minimum atomic E-state index is -0.276. The highest BCUT2D eigenvalue weighted by Gasteiger charge is 2.59. The van der Waals surface area contributed by atoms with Gasteiger partial charge >= 0.3 is 6.09 Å². The monoisotopic (exact) mass is 534 g/mol. The summed E-state index contributed by atoms with van der Waals surface area (Å²) in [6.07, 6.45) is 19.1. The van der Waals surface area contributed by atoms with Crippen molar-refractivity contribution in [3.8, 4) is 0 Å². The third-order valence-electron chi connectivity index (χ3n) is 11.9. The van der Waals surface area contributed by atoms with Gasteiger partial charge in [-0.05, 0) is 103 Å². The molecule has 0 spiro atoms. The Bertz CT molecular complexity index is 1010. The highest BCUT2D eigenvalue weighted by atomic mass is 16.6. The Kier molecular flexibility index (Phi) is 8.79. The number of hydrogen-bond donors (Lipinski definition) is 1. The fourth-order valence-electron chi connectivity index (χ4n) is 9.78. The number of carbonyl (C=O) groups is 1. The molecule has 1 heterocycles. The predicted molar refractivity (Wildman–Crippen MR) is 159 cm³/mol. The fraction of sp³-hybridized carbons (Fsp3) is 0.771. The molecular formula is C35H54N2O2. The van der Waals surface area contributed by atoms with E-state index < -0.39 is 0 Å². The van der Waals surface area contributed by atoms with Crippen molar-refractivity contribution in [2.24, 2.45) is 46.3 Å². The van der Waals surface area contributed by atoms with Gasteiger partial charge in [-0.15, -0.1) is 0 Å². The second-order valence-corrected chi connectivity index (χ2v) is 14.6. The largest absolute Gasteiger partial charge is 0.446 e. The second-order valence-electron chi connectivity index (χ2n) is 14.6. The van der Waals surface area contributed by atoms with Gasteiger partial charge in [0.15, 0.2) is 0 Å². The summed E-state index contributed by atoms with van der Waals surface area (Å²) < 4.78 is 5.92. The fourth-order valence-corrected chi connectivity index (χ4v) is 9.78. The molecule has 1 aromatic rings. The van der Waals surface area contributed by atoms with Crippen molar-refractivity contribution in [1.82, 2.24) is 10.3 Å². The molecule has 4 aliphatic rings. The van der Waals surface area contributed by atoms with Crippen molar-refractivity contribution in [3.05, 3.63) is 41.7 Å². The lowest BCUT2D eigenvalue weighted by molar-refractivity contribution is -0.0581. The maximum Gasteiger partial charge on any atom is 0.407 e. The van der Waals surface area contributed by atoms with Crippen LogP contribution in [0.3, 0.4) is 0 Å². The van der Waals surface area contributed by atoms with Gasteiger partial charge in [0.05, 0.1) is 0 Å². The molecule has 39 heavy (non-hydrogen) atoms. The van der Waals surface area contributed by atoms with Gasteiger partial charge < -0.3 is 10.1 Å². The molecular weight excluding hydrogens is 480 g/mol. The number of amides is 1. The second kappa shape index (κ2) is 12.0. The van der Waals surface area contributed by atoms with E-state index in [1.54, 1.807) is 11.8 Å². The summed E-state index contributed by atoms with van der Waals surface area (Å²) in [4.78, 5) is 16.9. The maximum atomic E-state index is 12.5. The van der Waals surface area contributed by atoms with E-state index >= 15 is 0 Å². The summed E-state index contributed by atoms with van der Waals surface area (Å²) in [5.41, 5.74) is 3.40. The minimum Gasteiger partial charge on any atom is -0.446 e. The van der Waals surface area contributed by atoms with Gasteiger partial charge in [-0.25, -0.2) is 4.79 Å². The Morgan fingerprint density at radius 2 is 1.92 bits per heavy atom. The first kappa shape index (κ1) is 28.7. The van der Waals surface area contributed by atoms with E-state index in [1.165, 1.54) is 51.4 Å². The maximum absolute atomic E-state index is 12.5. The predicted octanol–water partition coefficient (Wildman–Crippen LogP) is 8.76. The molecule has 0 unspecified atom stereocenters. The number of nitrogens with zero attached hydrogens (tertiary/aromatic N) is 1. The molecule has 5 rings (SSSR count). The van der Waals surface area contributed by atoms with Crippen LogP contribution in [0.5, 0.6) is 0 Å². The van der Waals surface area contributed by atoms with Crippen LogP contribution < -0.4 is 5.32 Å². The smallest absolute Gasteiger partial charge is 0.407 e. The van der Waals surface area contributed by atoms with Crippen molar-refractivity contribution in [2.45, 2.75) is 118 Å². The summed E-state index contributed by atoms with van der Waals surface area (Å²) in [6.45, 7) is 13.1. The molecule has 8 atom stereocenters. The van der Waals surface area contributed by atoms with Gasteiger partial charge in [0.1, 0.15) is 6.10 Å². The number of nitrogens with one attached hydrogen (secondary N) is 1. The number of carbonyl (C=O) groups excluding carboxylic acids is 1. The van der Waals surface area contributed by atoms with E-state index in [2.05, 4.69) is 51.0 Å². The molecule has 0 saturated heterocycles. The van der Waals surface area contributed by atoms with Gasteiger partial charge in [-0.2, -0.15) is 0 Å². The van der Waals surface area contributed by atoms with E-state index in [0.717, 1.165) is 66.9 Å². The molecule has 4 heteroatoms. The number of alkyl carbamates (subject to hydrolysis) is 1. The first-order valence-corrected chi connectivity index (χ1v) is 16.2. The van der Waals surface area contributed by atoms with Crippen molar-refractivity contribution in [2.75, 3.05) is 6.54 Å². The lowest BCUT2D eigenvalue weighted by Crippen LogP contribution is -2.51. The summed E-state index contributed by atoms with van der Waals surface area (Å²) in [5, 5.41) is 2.95. The third kappa shape index (κ3) is 5.96. The van der Waals surface area contributed by atoms with E-state index in [-0.39, 0.29) is 12.2 Å². The third-order valence-corrected chi connectivity index (χ3v) is 11.9. The Morgan fingerprint density at radius 3 is 2.69 bits per heavy atom. The quantitative estimate of drug-likeness (QED) is 0.322. The number of pyridine rings is 1. The minimum absolute atomic E-state index is 0.00660. The number of ether oxygens (including phenoxy) is 1. The Balaban J connectivity index is 1.16. The van der Waals surface area contributed by atoms with Gasteiger partial charge in [0, 0.05) is 31.3 Å². The lowest BCUT2D eigenvalue weighted by atomic mass is 9.47. The molecule has 0 aromatic carbocycles. The highest BCUT2D eigenvalue weighted by Crippen LogP contribution is 2.67. The zero-order valence-corrected chi connectivity index (χ0v) is 25.4. The average molecular weight is 535 g/mol. The molecule has 1 aromatic heterocycles. The van der Waals surface area contributed by atoms with Crippen LogP contribution in [0.2, 0.25) is 0 Å². The van der Waals surface area contributed by atoms with Crippen molar-refractivity contribution < 1.29 is 9.53 Å². The summed E-state index contributed by atoms with van der Waals surface area (Å²) >= 11 is 0. The first-order valence-electron chi connectivity index (χ1n) is 16.2. The molecule has 0 radical (unpaired) electrons. The zero-order chi connectivity index (χ0) is 27.6. The normalized spacial score (nSPS) is 36.4. The molecule has 4 nitrogen and oxygen atoms in total. The number of allylic oxidation sites excluding steroid dienone is 1. The first-order chi connectivity index (χ1) is 18.7. The van der Waals surface area contributed by atoms with E-state index in [1.807, 2.05) is 18.2 Å². The summed E-state index contributed by atoms with van der Waals surface area (Å²) in [5.74, 6) is 5.15. The molecule has 3 saturated carbocycles. The molecule has 0 aliphatic heterocycles. The van der Waals surface area contributed by atoms with Crippen LogP contribution in [0.4, 0.5) is 4.79 Å². The van der Waals surface area contributed by atoms with Crippen LogP contribution in [0, 0.1) is 46.3 Å². The van der Waals surface area contributed by atoms with Crippen LogP contribution in [0.15, 0.2) is 36.0 Å². The van der Waals surface area contributed by atoms with Crippen LogP contribution in [-0.2, 0) is 11.2 Å². The van der Waals surface area contributed by atoms with Crippen molar-refractivity contribution in [3.63, 3.8) is 0 Å². The van der Waals surface area contributed by atoms with Gasteiger partial charge in [-0.3, -0.25) is 4.98 Å². The van der Waals surface area contributed by atoms with Crippen LogP contribution in [0.25, 0.3) is 0 Å². The van der Waals surface area contributed by atoms with Gasteiger partial charge in [0.2, 0.25) is 0 Å². The average Bonchev–Trinajstić information content (AvgIpc) is 3.26. The molecule has 1 amide bonds. The van der Waals surface area contributed by atoms with Crippen LogP contribution in [0.1, 0.15) is 111 Å². The Morgan fingerprint density at radius 1 is 1.08 bits per heavy atom. The van der Waals surface area contributed by atoms with Crippen molar-refractivity contribution in [1.29, 1.82) is 0 Å². The molecule has 1 N–H and O–H groups in total. The van der Waals surface area contributed by atoms with E-state index in [0.29, 0.717) is 17.4 Å². The molecule has 4 aliphatic carbocycles. The molecule has 3 fully saturated rings. The van der Waals surface area contributed by atoms with Gasteiger partial charge in [-0.1, -0.05) is 71.6 Å². The number of aromatic nitrogens is 1. The standard InChI is InChI=1S/C35H54N2O2/c1-24(2)9-8-10-25(3)30-14-15-31-29-13-12-26-23-28(16-19-34(26,4)32(29)17-20-35(30,31)5)39-33(38)37-22-18-27-11-6-7-21-36-27/h6-7,11-12,21,24-25,28-32H,8-10,13-20,22-23H2,1-5H3,(H,37,38)/t25-,28+,29+,30-,31+,32+,34+,35-/m1/s1. The topological polar surface area (TPSA) is 51.2 Å². The van der Waals surface area contributed by atoms with E-state index in [9.17, 15) is 4.79 Å². The molecule has 216 valence electrons. The zero-order valence-electron chi connectivity index (χ0n) is 25.4. The van der Waals surface area contributed by atoms with Crippen LogP contribution >= 0.6 is 0 Å². The summed E-state index contributed by atoms with van der Waals surface area (Å²) in [7, 11) is 0. The summed E-state index contributed by atoms with van der Waals surface area (Å²) in [6, 6.07) is 5.89. The SMILES string of the molecule is CC(C)CCC[C@@H](C)[C@H]1CC[C@H]2[C@@H]3CC=C4C[C@@H](OC(=O)NCCc5ccccn5)CC[C@]4(C)[C@H]3CC[C@]12C. The number of rotatable bonds is 9.